The van der Waals surface area contributed by atoms with Crippen LogP contribution < -0.4 is 11.1 Å². The molecule has 0 aromatic carbocycles. The molecule has 1 fully saturated rings. The zero-order valence-electron chi connectivity index (χ0n) is 12.3. The van der Waals surface area contributed by atoms with Crippen LogP contribution in [0.15, 0.2) is 0 Å². The lowest BCUT2D eigenvalue weighted by atomic mass is 9.79. The minimum Gasteiger partial charge on any atom is -0.353 e. The van der Waals surface area contributed by atoms with Crippen LogP contribution in [0.2, 0.25) is 0 Å². The fourth-order valence-electron chi connectivity index (χ4n) is 3.08. The van der Waals surface area contributed by atoms with Crippen LogP contribution in [0.4, 0.5) is 0 Å². The first kappa shape index (κ1) is 15.5. The number of nitrogens with one attached hydrogen (secondary N) is 1. The van der Waals surface area contributed by atoms with Gasteiger partial charge in [-0.2, -0.15) is 0 Å². The summed E-state index contributed by atoms with van der Waals surface area (Å²) in [4.78, 5) is 12.4. The highest BCUT2D eigenvalue weighted by Gasteiger charge is 2.35. The second-order valence-corrected chi connectivity index (χ2v) is 5.80. The van der Waals surface area contributed by atoms with Crippen LogP contribution in [-0.4, -0.2) is 18.5 Å². The van der Waals surface area contributed by atoms with Gasteiger partial charge in [0.05, 0.1) is 5.41 Å². The maximum atomic E-state index is 12.4. The van der Waals surface area contributed by atoms with Crippen molar-refractivity contribution in [1.29, 1.82) is 0 Å². The van der Waals surface area contributed by atoms with Gasteiger partial charge in [-0.15, -0.1) is 0 Å². The molecular formula is C15H30N2O. The van der Waals surface area contributed by atoms with E-state index >= 15 is 0 Å². The molecule has 0 heterocycles. The highest BCUT2D eigenvalue weighted by Crippen LogP contribution is 2.29. The van der Waals surface area contributed by atoms with E-state index in [9.17, 15) is 4.79 Å². The van der Waals surface area contributed by atoms with Crippen LogP contribution in [0.5, 0.6) is 0 Å². The molecule has 18 heavy (non-hydrogen) atoms. The summed E-state index contributed by atoms with van der Waals surface area (Å²) in [6, 6.07) is 0.375. The Balaban J connectivity index is 2.57. The molecule has 0 spiro atoms. The molecule has 1 rings (SSSR count). The maximum absolute atomic E-state index is 12.4. The number of carbonyl (C=O) groups is 1. The van der Waals surface area contributed by atoms with E-state index in [1.807, 2.05) is 0 Å². The molecule has 1 aliphatic rings. The third-order valence-corrected chi connectivity index (χ3v) is 4.92. The monoisotopic (exact) mass is 254 g/mol. The summed E-state index contributed by atoms with van der Waals surface area (Å²) in [5, 5.41) is 3.26. The molecule has 0 aromatic heterocycles. The van der Waals surface area contributed by atoms with E-state index < -0.39 is 0 Å². The predicted molar refractivity (Wildman–Crippen MR) is 76.2 cm³/mol. The van der Waals surface area contributed by atoms with Crippen molar-refractivity contribution < 1.29 is 4.79 Å². The minimum atomic E-state index is -0.348. The van der Waals surface area contributed by atoms with Crippen molar-refractivity contribution in [2.24, 2.45) is 17.1 Å². The lowest BCUT2D eigenvalue weighted by Crippen LogP contribution is -2.49. The summed E-state index contributed by atoms with van der Waals surface area (Å²) in [5.74, 6) is 0.969. The van der Waals surface area contributed by atoms with Gasteiger partial charge in [0.25, 0.3) is 0 Å². The first-order valence-electron chi connectivity index (χ1n) is 7.62. The fraction of sp³-hybridized carbons (Fsp3) is 0.933. The number of hydrogen-bond donors (Lipinski definition) is 2. The van der Waals surface area contributed by atoms with Gasteiger partial charge >= 0.3 is 0 Å². The summed E-state index contributed by atoms with van der Waals surface area (Å²) in [6.45, 7) is 6.82. The Hall–Kier alpha value is -0.570. The van der Waals surface area contributed by atoms with E-state index in [1.54, 1.807) is 0 Å². The number of rotatable bonds is 6. The number of hydrogen-bond acceptors (Lipinski definition) is 2. The molecule has 3 nitrogen and oxygen atoms in total. The Labute approximate surface area is 112 Å². The molecule has 0 radical (unpaired) electrons. The molecule has 2 atom stereocenters. The van der Waals surface area contributed by atoms with Gasteiger partial charge in [-0.05, 0) is 31.6 Å². The summed E-state index contributed by atoms with van der Waals surface area (Å²) in [5.41, 5.74) is 5.48. The van der Waals surface area contributed by atoms with Crippen LogP contribution in [0, 0.1) is 11.3 Å². The Morgan fingerprint density at radius 3 is 2.44 bits per heavy atom. The Bertz CT molecular complexity index is 253. The van der Waals surface area contributed by atoms with Crippen molar-refractivity contribution in [2.75, 3.05) is 6.54 Å². The molecule has 0 aliphatic heterocycles. The van der Waals surface area contributed by atoms with E-state index in [4.69, 9.17) is 5.73 Å². The summed E-state index contributed by atoms with van der Waals surface area (Å²) < 4.78 is 0. The molecule has 0 aromatic rings. The zero-order chi connectivity index (χ0) is 13.6. The van der Waals surface area contributed by atoms with Crippen molar-refractivity contribution in [2.45, 2.75) is 71.8 Å². The SMILES string of the molecule is CCC1CCCC(NC(=O)C(CC)(CC)CN)C1. The summed E-state index contributed by atoms with van der Waals surface area (Å²) in [7, 11) is 0. The van der Waals surface area contributed by atoms with Crippen LogP contribution in [0.1, 0.15) is 65.7 Å². The topological polar surface area (TPSA) is 55.1 Å². The minimum absolute atomic E-state index is 0.178. The number of amides is 1. The third-order valence-electron chi connectivity index (χ3n) is 4.92. The Morgan fingerprint density at radius 1 is 1.28 bits per heavy atom. The highest BCUT2D eigenvalue weighted by molar-refractivity contribution is 5.83. The Kier molecular flexibility index (Phi) is 6.13. The van der Waals surface area contributed by atoms with Crippen molar-refractivity contribution in [3.05, 3.63) is 0 Å². The van der Waals surface area contributed by atoms with Crippen LogP contribution in [-0.2, 0) is 4.79 Å². The molecule has 3 heteroatoms. The van der Waals surface area contributed by atoms with Crippen LogP contribution >= 0.6 is 0 Å². The third kappa shape index (κ3) is 3.47. The van der Waals surface area contributed by atoms with Gasteiger partial charge in [0, 0.05) is 12.6 Å². The zero-order valence-corrected chi connectivity index (χ0v) is 12.3. The molecular weight excluding hydrogens is 224 g/mol. The highest BCUT2D eigenvalue weighted by atomic mass is 16.2. The van der Waals surface area contributed by atoms with Gasteiger partial charge in [0.2, 0.25) is 5.91 Å². The van der Waals surface area contributed by atoms with Crippen molar-refractivity contribution in [1.82, 2.24) is 5.32 Å². The van der Waals surface area contributed by atoms with E-state index in [0.29, 0.717) is 12.6 Å². The quantitative estimate of drug-likeness (QED) is 0.766. The smallest absolute Gasteiger partial charge is 0.227 e. The van der Waals surface area contributed by atoms with Crippen LogP contribution in [0.25, 0.3) is 0 Å². The van der Waals surface area contributed by atoms with E-state index in [1.165, 1.54) is 19.3 Å². The van der Waals surface area contributed by atoms with Gasteiger partial charge in [-0.1, -0.05) is 40.0 Å². The first-order valence-corrected chi connectivity index (χ1v) is 7.62. The summed E-state index contributed by atoms with van der Waals surface area (Å²) >= 11 is 0. The van der Waals surface area contributed by atoms with Gasteiger partial charge in [0.15, 0.2) is 0 Å². The van der Waals surface area contributed by atoms with Crippen molar-refractivity contribution in [3.63, 3.8) is 0 Å². The molecule has 1 aliphatic carbocycles. The molecule has 1 amide bonds. The predicted octanol–water partition coefficient (Wildman–Crippen LogP) is 2.84. The average Bonchev–Trinajstić information content (AvgIpc) is 2.41. The lowest BCUT2D eigenvalue weighted by Gasteiger charge is -2.34. The standard InChI is InChI=1S/C15H30N2O/c1-4-12-8-7-9-13(10-12)17-14(18)15(5-2,6-3)11-16/h12-13H,4-11,16H2,1-3H3,(H,17,18). The van der Waals surface area contributed by atoms with Crippen molar-refractivity contribution in [3.8, 4) is 0 Å². The molecule has 3 N–H and O–H groups in total. The number of nitrogens with two attached hydrogens (primary N) is 1. The molecule has 1 saturated carbocycles. The molecule has 0 saturated heterocycles. The summed E-state index contributed by atoms with van der Waals surface area (Å²) in [6.07, 6.45) is 7.75. The Morgan fingerprint density at radius 2 is 1.94 bits per heavy atom. The average molecular weight is 254 g/mol. The second-order valence-electron chi connectivity index (χ2n) is 5.80. The van der Waals surface area contributed by atoms with Gasteiger partial charge < -0.3 is 11.1 Å². The fourth-order valence-corrected chi connectivity index (χ4v) is 3.08. The molecule has 106 valence electrons. The lowest BCUT2D eigenvalue weighted by molar-refractivity contribution is -0.132. The second kappa shape index (κ2) is 7.13. The maximum Gasteiger partial charge on any atom is 0.227 e. The van der Waals surface area contributed by atoms with E-state index in [0.717, 1.165) is 31.6 Å². The first-order chi connectivity index (χ1) is 8.61. The van der Waals surface area contributed by atoms with Gasteiger partial charge in [-0.3, -0.25) is 4.79 Å². The van der Waals surface area contributed by atoms with E-state index in [2.05, 4.69) is 26.1 Å². The van der Waals surface area contributed by atoms with Crippen LogP contribution in [0.3, 0.4) is 0 Å². The van der Waals surface area contributed by atoms with Crippen molar-refractivity contribution >= 4 is 5.91 Å². The van der Waals surface area contributed by atoms with Gasteiger partial charge in [-0.25, -0.2) is 0 Å². The molecule has 0 bridgehead atoms. The largest absolute Gasteiger partial charge is 0.353 e. The normalized spacial score (nSPS) is 24.9. The van der Waals surface area contributed by atoms with Gasteiger partial charge in [0.1, 0.15) is 0 Å². The number of carbonyl (C=O) groups excluding carboxylic acids is 1. The molecule has 2 unspecified atom stereocenters. The van der Waals surface area contributed by atoms with E-state index in [-0.39, 0.29) is 11.3 Å².